The number of benzene rings is 1. The van der Waals surface area contributed by atoms with Gasteiger partial charge in [-0.05, 0) is 60.5 Å². The number of hydrogen-bond acceptors (Lipinski definition) is 2. The Labute approximate surface area is 125 Å². The molecule has 0 fully saturated rings. The number of nitrogens with zero attached hydrogens (tertiary/aromatic N) is 2. The SMILES string of the molecule is CCn1nc(C)cc1C(=O)Nc1cc(Br)c(F)cc1C. The molecule has 2 rings (SSSR count). The van der Waals surface area contributed by atoms with Crippen LogP contribution in [0.2, 0.25) is 0 Å². The zero-order chi connectivity index (χ0) is 14.9. The van der Waals surface area contributed by atoms with Crippen LogP contribution in [0.1, 0.15) is 28.7 Å². The summed E-state index contributed by atoms with van der Waals surface area (Å²) < 4.78 is 15.3. The third-order valence-electron chi connectivity index (χ3n) is 2.95. The van der Waals surface area contributed by atoms with Crippen molar-refractivity contribution in [1.29, 1.82) is 0 Å². The summed E-state index contributed by atoms with van der Waals surface area (Å²) in [5, 5.41) is 7.02. The van der Waals surface area contributed by atoms with E-state index in [1.54, 1.807) is 23.7 Å². The summed E-state index contributed by atoms with van der Waals surface area (Å²) in [7, 11) is 0. The minimum absolute atomic E-state index is 0.256. The summed E-state index contributed by atoms with van der Waals surface area (Å²) in [5.41, 5.74) is 2.52. The fourth-order valence-corrected chi connectivity index (χ4v) is 2.28. The summed E-state index contributed by atoms with van der Waals surface area (Å²) in [4.78, 5) is 12.3. The van der Waals surface area contributed by atoms with Crippen molar-refractivity contribution in [3.05, 3.63) is 45.4 Å². The van der Waals surface area contributed by atoms with Crippen LogP contribution in [0, 0.1) is 19.7 Å². The number of aryl methyl sites for hydroxylation is 3. The van der Waals surface area contributed by atoms with E-state index in [-0.39, 0.29) is 11.7 Å². The fraction of sp³-hybridized carbons (Fsp3) is 0.286. The molecule has 0 bridgehead atoms. The van der Waals surface area contributed by atoms with Gasteiger partial charge < -0.3 is 5.32 Å². The summed E-state index contributed by atoms with van der Waals surface area (Å²) in [5.74, 6) is -0.607. The number of amides is 1. The maximum Gasteiger partial charge on any atom is 0.273 e. The van der Waals surface area contributed by atoms with Crippen LogP contribution in [-0.4, -0.2) is 15.7 Å². The molecule has 1 N–H and O–H groups in total. The van der Waals surface area contributed by atoms with Gasteiger partial charge in [0.1, 0.15) is 11.5 Å². The van der Waals surface area contributed by atoms with Gasteiger partial charge >= 0.3 is 0 Å². The van der Waals surface area contributed by atoms with E-state index >= 15 is 0 Å². The van der Waals surface area contributed by atoms with Gasteiger partial charge in [-0.3, -0.25) is 9.48 Å². The summed E-state index contributed by atoms with van der Waals surface area (Å²) >= 11 is 3.11. The molecule has 4 nitrogen and oxygen atoms in total. The van der Waals surface area contributed by atoms with Gasteiger partial charge in [-0.15, -0.1) is 0 Å². The van der Waals surface area contributed by atoms with Crippen LogP contribution in [0.15, 0.2) is 22.7 Å². The number of carbonyl (C=O) groups excluding carboxylic acids is 1. The molecule has 0 unspecified atom stereocenters. The molecule has 0 saturated carbocycles. The van der Waals surface area contributed by atoms with Crippen LogP contribution >= 0.6 is 15.9 Å². The van der Waals surface area contributed by atoms with Crippen LogP contribution in [0.4, 0.5) is 10.1 Å². The normalized spacial score (nSPS) is 10.7. The highest BCUT2D eigenvalue weighted by molar-refractivity contribution is 9.10. The topological polar surface area (TPSA) is 46.9 Å². The molecule has 1 heterocycles. The van der Waals surface area contributed by atoms with Crippen LogP contribution in [0.25, 0.3) is 0 Å². The van der Waals surface area contributed by atoms with E-state index in [9.17, 15) is 9.18 Å². The zero-order valence-corrected chi connectivity index (χ0v) is 13.1. The molecular weight excluding hydrogens is 325 g/mol. The first-order valence-electron chi connectivity index (χ1n) is 6.23. The van der Waals surface area contributed by atoms with Crippen molar-refractivity contribution >= 4 is 27.5 Å². The van der Waals surface area contributed by atoms with Gasteiger partial charge in [0.25, 0.3) is 5.91 Å². The molecule has 1 aromatic heterocycles. The van der Waals surface area contributed by atoms with Crippen LogP contribution in [0.5, 0.6) is 0 Å². The average molecular weight is 340 g/mol. The van der Waals surface area contributed by atoms with Crippen molar-refractivity contribution in [3.8, 4) is 0 Å². The Hall–Kier alpha value is -1.69. The van der Waals surface area contributed by atoms with Gasteiger partial charge in [0.05, 0.1) is 10.2 Å². The first-order valence-corrected chi connectivity index (χ1v) is 7.03. The second-order valence-corrected chi connectivity index (χ2v) is 5.38. The molecule has 6 heteroatoms. The summed E-state index contributed by atoms with van der Waals surface area (Å²) in [6.07, 6.45) is 0. The maximum atomic E-state index is 13.4. The Balaban J connectivity index is 2.30. The van der Waals surface area contributed by atoms with E-state index < -0.39 is 0 Å². The molecule has 0 aliphatic rings. The number of nitrogens with one attached hydrogen (secondary N) is 1. The molecule has 2 aromatic rings. The maximum absolute atomic E-state index is 13.4. The molecule has 1 aromatic carbocycles. The average Bonchev–Trinajstić information content (AvgIpc) is 2.77. The Bertz CT molecular complexity index is 667. The van der Waals surface area contributed by atoms with Crippen LogP contribution in [-0.2, 0) is 6.54 Å². The lowest BCUT2D eigenvalue weighted by atomic mass is 10.2. The number of halogens is 2. The van der Waals surface area contributed by atoms with Crippen LogP contribution < -0.4 is 5.32 Å². The Kier molecular flexibility index (Phi) is 4.23. The smallest absolute Gasteiger partial charge is 0.273 e. The van der Waals surface area contributed by atoms with Gasteiger partial charge in [-0.1, -0.05) is 0 Å². The van der Waals surface area contributed by atoms with E-state index in [1.807, 2.05) is 13.8 Å². The molecule has 0 spiro atoms. The number of anilines is 1. The zero-order valence-electron chi connectivity index (χ0n) is 11.5. The molecule has 106 valence electrons. The number of hydrogen-bond donors (Lipinski definition) is 1. The van der Waals surface area contributed by atoms with Crippen molar-refractivity contribution in [3.63, 3.8) is 0 Å². The van der Waals surface area contributed by atoms with E-state index in [0.29, 0.717) is 28.0 Å². The largest absolute Gasteiger partial charge is 0.320 e. The van der Waals surface area contributed by atoms with E-state index in [2.05, 4.69) is 26.3 Å². The minimum Gasteiger partial charge on any atom is -0.320 e. The summed E-state index contributed by atoms with van der Waals surface area (Å²) in [6, 6.07) is 4.66. The monoisotopic (exact) mass is 339 g/mol. The molecule has 0 radical (unpaired) electrons. The summed E-state index contributed by atoms with van der Waals surface area (Å²) in [6.45, 7) is 6.11. The quantitative estimate of drug-likeness (QED) is 0.927. The second-order valence-electron chi connectivity index (χ2n) is 4.52. The molecule has 0 aliphatic carbocycles. The van der Waals surface area contributed by atoms with Crippen LogP contribution in [0.3, 0.4) is 0 Å². The lowest BCUT2D eigenvalue weighted by Gasteiger charge is -2.10. The van der Waals surface area contributed by atoms with Crippen molar-refractivity contribution in [2.24, 2.45) is 0 Å². The van der Waals surface area contributed by atoms with Crippen molar-refractivity contribution in [2.45, 2.75) is 27.3 Å². The lowest BCUT2D eigenvalue weighted by molar-refractivity contribution is 0.101. The molecular formula is C14H15BrFN3O. The predicted octanol–water partition coefficient (Wildman–Crippen LogP) is 3.67. The number of carbonyl (C=O) groups is 1. The molecule has 0 saturated heterocycles. The molecule has 1 amide bonds. The first kappa shape index (κ1) is 14.7. The van der Waals surface area contributed by atoms with Gasteiger partial charge in [0.2, 0.25) is 0 Å². The Morgan fingerprint density at radius 2 is 2.10 bits per heavy atom. The van der Waals surface area contributed by atoms with E-state index in [0.717, 1.165) is 5.69 Å². The van der Waals surface area contributed by atoms with Crippen molar-refractivity contribution in [1.82, 2.24) is 9.78 Å². The molecule has 0 aliphatic heterocycles. The Morgan fingerprint density at radius 3 is 2.75 bits per heavy atom. The minimum atomic E-state index is -0.352. The lowest BCUT2D eigenvalue weighted by Crippen LogP contribution is -2.18. The van der Waals surface area contributed by atoms with Crippen molar-refractivity contribution < 1.29 is 9.18 Å². The van der Waals surface area contributed by atoms with Gasteiger partial charge in [0, 0.05) is 12.2 Å². The number of aromatic nitrogens is 2. The van der Waals surface area contributed by atoms with Crippen molar-refractivity contribution in [2.75, 3.05) is 5.32 Å². The van der Waals surface area contributed by atoms with E-state index in [4.69, 9.17) is 0 Å². The predicted molar refractivity (Wildman–Crippen MR) is 79.4 cm³/mol. The highest BCUT2D eigenvalue weighted by atomic mass is 79.9. The van der Waals surface area contributed by atoms with E-state index in [1.165, 1.54) is 6.07 Å². The van der Waals surface area contributed by atoms with Gasteiger partial charge in [-0.2, -0.15) is 5.10 Å². The third-order valence-corrected chi connectivity index (χ3v) is 3.56. The number of rotatable bonds is 3. The van der Waals surface area contributed by atoms with Gasteiger partial charge in [-0.25, -0.2) is 4.39 Å². The molecule has 0 atom stereocenters. The second kappa shape index (κ2) is 5.75. The van der Waals surface area contributed by atoms with Gasteiger partial charge in [0.15, 0.2) is 0 Å². The molecule has 20 heavy (non-hydrogen) atoms. The standard InChI is InChI=1S/C14H15BrFN3O/c1-4-19-13(6-9(3)18-19)14(20)17-12-7-10(15)11(16)5-8(12)2/h5-7H,4H2,1-3H3,(H,17,20). The Morgan fingerprint density at radius 1 is 1.40 bits per heavy atom. The highest BCUT2D eigenvalue weighted by Crippen LogP contribution is 2.24. The first-order chi connectivity index (χ1) is 9.42. The third kappa shape index (κ3) is 2.90. The fourth-order valence-electron chi connectivity index (χ4n) is 1.94. The highest BCUT2D eigenvalue weighted by Gasteiger charge is 2.15.